The Hall–Kier alpha value is -1.02. The second-order valence-electron chi connectivity index (χ2n) is 4.61. The Kier molecular flexibility index (Phi) is 2.70. The number of ether oxygens (including phenoxy) is 1. The first-order valence-electron chi connectivity index (χ1n) is 5.51. The van der Waals surface area contributed by atoms with Crippen LogP contribution < -0.4 is 4.74 Å². The SMILES string of the molecule is COc1ccc([C@@]2(O)CC[C@@H](C)C2)cc1. The van der Waals surface area contributed by atoms with Crippen LogP contribution in [-0.4, -0.2) is 12.2 Å². The molecule has 0 bridgehead atoms. The summed E-state index contributed by atoms with van der Waals surface area (Å²) < 4.78 is 5.10. The van der Waals surface area contributed by atoms with Crippen LogP contribution in [0.5, 0.6) is 5.75 Å². The van der Waals surface area contributed by atoms with Gasteiger partial charge in [-0.1, -0.05) is 19.1 Å². The fourth-order valence-electron chi connectivity index (χ4n) is 2.43. The maximum atomic E-state index is 10.5. The fourth-order valence-corrected chi connectivity index (χ4v) is 2.43. The molecular weight excluding hydrogens is 188 g/mol. The Balaban J connectivity index is 2.22. The molecule has 0 amide bonds. The van der Waals surface area contributed by atoms with Crippen LogP contribution in [0.3, 0.4) is 0 Å². The molecule has 1 aliphatic carbocycles. The van der Waals surface area contributed by atoms with E-state index in [4.69, 9.17) is 4.74 Å². The third-order valence-corrected chi connectivity index (χ3v) is 3.36. The summed E-state index contributed by atoms with van der Waals surface area (Å²) in [6.07, 6.45) is 2.86. The van der Waals surface area contributed by atoms with E-state index >= 15 is 0 Å². The van der Waals surface area contributed by atoms with Crippen LogP contribution in [-0.2, 0) is 5.60 Å². The van der Waals surface area contributed by atoms with Gasteiger partial charge in [0.05, 0.1) is 12.7 Å². The molecule has 0 aromatic heterocycles. The van der Waals surface area contributed by atoms with Gasteiger partial charge in [0.15, 0.2) is 0 Å². The van der Waals surface area contributed by atoms with Crippen molar-refractivity contribution in [3.05, 3.63) is 29.8 Å². The Labute approximate surface area is 90.9 Å². The van der Waals surface area contributed by atoms with Crippen molar-refractivity contribution in [1.82, 2.24) is 0 Å². The molecule has 82 valence electrons. The van der Waals surface area contributed by atoms with Gasteiger partial charge in [0.2, 0.25) is 0 Å². The van der Waals surface area contributed by atoms with Crippen molar-refractivity contribution in [2.24, 2.45) is 5.92 Å². The van der Waals surface area contributed by atoms with Crippen molar-refractivity contribution in [2.45, 2.75) is 31.8 Å². The number of rotatable bonds is 2. The molecule has 0 radical (unpaired) electrons. The minimum absolute atomic E-state index is 0.605. The van der Waals surface area contributed by atoms with Crippen molar-refractivity contribution < 1.29 is 9.84 Å². The first-order chi connectivity index (χ1) is 7.14. The van der Waals surface area contributed by atoms with E-state index in [9.17, 15) is 5.11 Å². The number of hydrogen-bond donors (Lipinski definition) is 1. The molecule has 2 heteroatoms. The second-order valence-corrected chi connectivity index (χ2v) is 4.61. The van der Waals surface area contributed by atoms with E-state index in [0.717, 1.165) is 30.6 Å². The highest BCUT2D eigenvalue weighted by Gasteiger charge is 2.36. The van der Waals surface area contributed by atoms with E-state index in [1.165, 1.54) is 0 Å². The molecule has 1 saturated carbocycles. The molecule has 2 rings (SSSR count). The van der Waals surface area contributed by atoms with Crippen molar-refractivity contribution in [3.8, 4) is 5.75 Å². The number of methoxy groups -OCH3 is 1. The van der Waals surface area contributed by atoms with Gasteiger partial charge in [0.25, 0.3) is 0 Å². The summed E-state index contributed by atoms with van der Waals surface area (Å²) in [6, 6.07) is 7.76. The lowest BCUT2D eigenvalue weighted by molar-refractivity contribution is 0.0407. The summed E-state index contributed by atoms with van der Waals surface area (Å²) in [5.41, 5.74) is 0.416. The highest BCUT2D eigenvalue weighted by molar-refractivity contribution is 5.31. The largest absolute Gasteiger partial charge is 0.497 e. The van der Waals surface area contributed by atoms with Crippen LogP contribution in [0.1, 0.15) is 31.7 Å². The Bertz CT molecular complexity index is 331. The third-order valence-electron chi connectivity index (χ3n) is 3.36. The highest BCUT2D eigenvalue weighted by Crippen LogP contribution is 2.41. The molecule has 2 nitrogen and oxygen atoms in total. The standard InChI is InChI=1S/C13H18O2/c1-10-7-8-13(14,9-10)11-3-5-12(15-2)6-4-11/h3-6,10,14H,7-9H2,1-2H3/t10-,13-/m1/s1. The average Bonchev–Trinajstić information content (AvgIpc) is 2.60. The van der Waals surface area contributed by atoms with Gasteiger partial charge >= 0.3 is 0 Å². The molecule has 0 unspecified atom stereocenters. The zero-order valence-corrected chi connectivity index (χ0v) is 9.36. The molecule has 2 atom stereocenters. The van der Waals surface area contributed by atoms with Crippen LogP contribution in [0.15, 0.2) is 24.3 Å². The lowest BCUT2D eigenvalue weighted by Gasteiger charge is -2.23. The molecule has 1 aromatic rings. The third kappa shape index (κ3) is 2.00. The van der Waals surface area contributed by atoms with Crippen LogP contribution >= 0.6 is 0 Å². The molecule has 0 spiro atoms. The number of aliphatic hydroxyl groups is 1. The topological polar surface area (TPSA) is 29.5 Å². The zero-order valence-electron chi connectivity index (χ0n) is 9.36. The van der Waals surface area contributed by atoms with Crippen molar-refractivity contribution in [2.75, 3.05) is 7.11 Å². The van der Waals surface area contributed by atoms with Crippen LogP contribution in [0.4, 0.5) is 0 Å². The van der Waals surface area contributed by atoms with Gasteiger partial charge in [-0.05, 0) is 42.9 Å². The number of hydrogen-bond acceptors (Lipinski definition) is 2. The maximum absolute atomic E-state index is 10.5. The van der Waals surface area contributed by atoms with Gasteiger partial charge in [-0.25, -0.2) is 0 Å². The minimum atomic E-state index is -0.605. The van der Waals surface area contributed by atoms with Crippen molar-refractivity contribution >= 4 is 0 Å². The average molecular weight is 206 g/mol. The van der Waals surface area contributed by atoms with Gasteiger partial charge in [0, 0.05) is 0 Å². The predicted molar refractivity (Wildman–Crippen MR) is 59.9 cm³/mol. The van der Waals surface area contributed by atoms with E-state index in [-0.39, 0.29) is 0 Å². The van der Waals surface area contributed by atoms with Gasteiger partial charge in [-0.3, -0.25) is 0 Å². The highest BCUT2D eigenvalue weighted by atomic mass is 16.5. The summed E-state index contributed by atoms with van der Waals surface area (Å²) in [5.74, 6) is 1.46. The van der Waals surface area contributed by atoms with E-state index < -0.39 is 5.60 Å². The van der Waals surface area contributed by atoms with Crippen molar-refractivity contribution in [3.63, 3.8) is 0 Å². The molecule has 15 heavy (non-hydrogen) atoms. The maximum Gasteiger partial charge on any atom is 0.118 e. The van der Waals surface area contributed by atoms with Crippen LogP contribution in [0.25, 0.3) is 0 Å². The summed E-state index contributed by atoms with van der Waals surface area (Å²) in [6.45, 7) is 2.20. The molecule has 1 aliphatic rings. The molecular formula is C13H18O2. The van der Waals surface area contributed by atoms with E-state index in [0.29, 0.717) is 5.92 Å². The molecule has 1 aromatic carbocycles. The molecule has 1 fully saturated rings. The van der Waals surface area contributed by atoms with Gasteiger partial charge in [-0.2, -0.15) is 0 Å². The minimum Gasteiger partial charge on any atom is -0.497 e. The predicted octanol–water partition coefficient (Wildman–Crippen LogP) is 2.70. The Morgan fingerprint density at radius 2 is 2.00 bits per heavy atom. The fraction of sp³-hybridized carbons (Fsp3) is 0.538. The summed E-state index contributed by atoms with van der Waals surface area (Å²) in [7, 11) is 1.65. The molecule has 0 saturated heterocycles. The molecule has 0 aliphatic heterocycles. The lowest BCUT2D eigenvalue weighted by atomic mass is 9.91. The first-order valence-corrected chi connectivity index (χ1v) is 5.51. The van der Waals surface area contributed by atoms with E-state index in [2.05, 4.69) is 6.92 Å². The Morgan fingerprint density at radius 3 is 2.47 bits per heavy atom. The number of benzene rings is 1. The summed E-state index contributed by atoms with van der Waals surface area (Å²) >= 11 is 0. The summed E-state index contributed by atoms with van der Waals surface area (Å²) in [4.78, 5) is 0. The normalized spacial score (nSPS) is 30.5. The molecule has 0 heterocycles. The van der Waals surface area contributed by atoms with E-state index in [1.807, 2.05) is 24.3 Å². The van der Waals surface area contributed by atoms with E-state index in [1.54, 1.807) is 7.11 Å². The van der Waals surface area contributed by atoms with Gasteiger partial charge < -0.3 is 9.84 Å². The quantitative estimate of drug-likeness (QED) is 0.806. The lowest BCUT2D eigenvalue weighted by Crippen LogP contribution is -2.21. The monoisotopic (exact) mass is 206 g/mol. The van der Waals surface area contributed by atoms with Crippen LogP contribution in [0.2, 0.25) is 0 Å². The van der Waals surface area contributed by atoms with Crippen molar-refractivity contribution in [1.29, 1.82) is 0 Å². The Morgan fingerprint density at radius 1 is 1.33 bits per heavy atom. The van der Waals surface area contributed by atoms with Gasteiger partial charge in [-0.15, -0.1) is 0 Å². The summed E-state index contributed by atoms with van der Waals surface area (Å²) in [5, 5.41) is 10.5. The zero-order chi connectivity index (χ0) is 10.9. The smallest absolute Gasteiger partial charge is 0.118 e. The second kappa shape index (κ2) is 3.86. The molecule has 1 N–H and O–H groups in total. The first kappa shape index (κ1) is 10.5. The van der Waals surface area contributed by atoms with Gasteiger partial charge in [0.1, 0.15) is 5.75 Å². The van der Waals surface area contributed by atoms with Crippen LogP contribution in [0, 0.1) is 5.92 Å².